The van der Waals surface area contributed by atoms with Crippen molar-refractivity contribution in [2.45, 2.75) is 5.92 Å². The molecule has 0 unspecified atom stereocenters. The number of nitrogens with zero attached hydrogens (tertiary/aromatic N) is 2. The molecule has 0 fully saturated rings. The second-order valence-electron chi connectivity index (χ2n) is 5.45. The largest absolute Gasteiger partial charge is 0.497 e. The van der Waals surface area contributed by atoms with Crippen molar-refractivity contribution in [2.75, 3.05) is 7.11 Å². The molecule has 118 valence electrons. The number of esters is 1. The Balaban J connectivity index is 1.66. The molecule has 0 aliphatic carbocycles. The Bertz CT molecular complexity index is 912. The maximum absolute atomic E-state index is 12.1. The van der Waals surface area contributed by atoms with Crippen molar-refractivity contribution in [3.8, 4) is 5.75 Å². The zero-order valence-corrected chi connectivity index (χ0v) is 13.0. The number of para-hydroxylation sites is 1. The van der Waals surface area contributed by atoms with Crippen molar-refractivity contribution < 1.29 is 14.3 Å². The summed E-state index contributed by atoms with van der Waals surface area (Å²) in [6.45, 7) is 0. The molecular formula is C19H14N2O3. The monoisotopic (exact) mass is 318 g/mol. The third-order valence-corrected chi connectivity index (χ3v) is 3.94. The molecule has 24 heavy (non-hydrogen) atoms. The maximum Gasteiger partial charge on any atom is 0.363 e. The number of benzene rings is 2. The number of allylic oxidation sites excluding steroid dienone is 1. The summed E-state index contributed by atoms with van der Waals surface area (Å²) in [5.41, 5.74) is 2.97. The van der Waals surface area contributed by atoms with Crippen LogP contribution in [-0.4, -0.2) is 25.2 Å². The molecule has 5 nitrogen and oxygen atoms in total. The Morgan fingerprint density at radius 3 is 2.92 bits per heavy atom. The van der Waals surface area contributed by atoms with Crippen LogP contribution in [0.2, 0.25) is 0 Å². The summed E-state index contributed by atoms with van der Waals surface area (Å²) >= 11 is 0. The molecule has 2 heterocycles. The lowest BCUT2D eigenvalue weighted by molar-refractivity contribution is -0.130. The third-order valence-electron chi connectivity index (χ3n) is 3.94. The minimum absolute atomic E-state index is 0.0721. The minimum atomic E-state index is -0.453. The molecule has 2 aliphatic heterocycles. The van der Waals surface area contributed by atoms with Gasteiger partial charge in [-0.2, -0.15) is 0 Å². The van der Waals surface area contributed by atoms with E-state index in [2.05, 4.69) is 9.98 Å². The van der Waals surface area contributed by atoms with Gasteiger partial charge in [0, 0.05) is 17.7 Å². The van der Waals surface area contributed by atoms with Gasteiger partial charge in [0.2, 0.25) is 5.90 Å². The third kappa shape index (κ3) is 2.50. The summed E-state index contributed by atoms with van der Waals surface area (Å²) in [5.74, 6) is 0.441. The second-order valence-corrected chi connectivity index (χ2v) is 5.45. The van der Waals surface area contributed by atoms with Gasteiger partial charge in [0.15, 0.2) is 0 Å². The average Bonchev–Trinajstić information content (AvgIpc) is 3.20. The van der Waals surface area contributed by atoms with Crippen LogP contribution in [0, 0.1) is 0 Å². The lowest BCUT2D eigenvalue weighted by Crippen LogP contribution is -2.06. The zero-order chi connectivity index (χ0) is 16.5. The minimum Gasteiger partial charge on any atom is -0.497 e. The molecule has 2 aliphatic rings. The molecule has 0 bridgehead atoms. The van der Waals surface area contributed by atoms with Gasteiger partial charge in [0.05, 0.1) is 12.8 Å². The first-order chi connectivity index (χ1) is 11.7. The van der Waals surface area contributed by atoms with Crippen molar-refractivity contribution in [2.24, 2.45) is 9.98 Å². The number of fused-ring (bicyclic) bond motifs is 1. The molecule has 0 radical (unpaired) electrons. The fraction of sp³-hybridized carbons (Fsp3) is 0.105. The number of cyclic esters (lactones) is 1. The molecule has 4 rings (SSSR count). The fourth-order valence-corrected chi connectivity index (χ4v) is 2.73. The molecule has 0 aromatic heterocycles. The van der Waals surface area contributed by atoms with Gasteiger partial charge in [0.25, 0.3) is 0 Å². The van der Waals surface area contributed by atoms with Crippen molar-refractivity contribution >= 4 is 23.8 Å². The van der Waals surface area contributed by atoms with E-state index in [1.165, 1.54) is 0 Å². The molecule has 2 aromatic carbocycles. The Morgan fingerprint density at radius 1 is 1.17 bits per heavy atom. The highest BCUT2D eigenvalue weighted by Gasteiger charge is 2.27. The van der Waals surface area contributed by atoms with E-state index in [1.54, 1.807) is 19.3 Å². The van der Waals surface area contributed by atoms with Gasteiger partial charge < -0.3 is 9.47 Å². The standard InChI is InChI=1S/C19H14N2O3/c1-23-14-6-4-5-12(9-14)18-21-17(19(22)24-18)10-13-11-20-16-8-3-2-7-15(13)16/h2-11,13H,1H3/t13-/m1/s1. The van der Waals surface area contributed by atoms with E-state index in [9.17, 15) is 4.79 Å². The molecule has 1 atom stereocenters. The zero-order valence-electron chi connectivity index (χ0n) is 13.0. The summed E-state index contributed by atoms with van der Waals surface area (Å²) in [6.07, 6.45) is 3.59. The van der Waals surface area contributed by atoms with Crippen LogP contribution in [0.15, 0.2) is 70.3 Å². The van der Waals surface area contributed by atoms with Crippen LogP contribution in [0.3, 0.4) is 0 Å². The molecule has 0 spiro atoms. The van der Waals surface area contributed by atoms with E-state index in [0.717, 1.165) is 11.3 Å². The maximum atomic E-state index is 12.1. The first-order valence-electron chi connectivity index (χ1n) is 7.55. The molecule has 2 aromatic rings. The van der Waals surface area contributed by atoms with Crippen LogP contribution in [-0.2, 0) is 9.53 Å². The van der Waals surface area contributed by atoms with Gasteiger partial charge in [-0.25, -0.2) is 9.79 Å². The van der Waals surface area contributed by atoms with Gasteiger partial charge >= 0.3 is 5.97 Å². The predicted octanol–water partition coefficient (Wildman–Crippen LogP) is 3.38. The van der Waals surface area contributed by atoms with Gasteiger partial charge in [0.1, 0.15) is 11.4 Å². The molecule has 0 amide bonds. The van der Waals surface area contributed by atoms with Crippen molar-refractivity contribution in [1.29, 1.82) is 0 Å². The lowest BCUT2D eigenvalue weighted by atomic mass is 10.00. The molecule has 5 heteroatoms. The first-order valence-corrected chi connectivity index (χ1v) is 7.55. The number of carbonyl (C=O) groups is 1. The van der Waals surface area contributed by atoms with E-state index in [0.29, 0.717) is 17.0 Å². The number of methoxy groups -OCH3 is 1. The Labute approximate surface area is 139 Å². The van der Waals surface area contributed by atoms with Crippen LogP contribution in [0.1, 0.15) is 17.0 Å². The Hall–Kier alpha value is -3.21. The summed E-state index contributed by atoms with van der Waals surface area (Å²) in [5, 5.41) is 0. The van der Waals surface area contributed by atoms with E-state index in [1.807, 2.05) is 48.7 Å². The van der Waals surface area contributed by atoms with Gasteiger partial charge in [-0.15, -0.1) is 0 Å². The van der Waals surface area contributed by atoms with E-state index >= 15 is 0 Å². The predicted molar refractivity (Wildman–Crippen MR) is 91.0 cm³/mol. The van der Waals surface area contributed by atoms with Crippen LogP contribution < -0.4 is 4.74 Å². The fourth-order valence-electron chi connectivity index (χ4n) is 2.73. The number of rotatable bonds is 3. The quantitative estimate of drug-likeness (QED) is 0.644. The first kappa shape index (κ1) is 14.4. The number of carbonyl (C=O) groups excluding carboxylic acids is 1. The molecule has 0 N–H and O–H groups in total. The smallest absolute Gasteiger partial charge is 0.363 e. The van der Waals surface area contributed by atoms with E-state index < -0.39 is 5.97 Å². The molecule has 0 saturated heterocycles. The van der Waals surface area contributed by atoms with E-state index in [4.69, 9.17) is 9.47 Å². The lowest BCUT2D eigenvalue weighted by Gasteiger charge is -2.03. The summed E-state index contributed by atoms with van der Waals surface area (Å²) in [4.78, 5) is 20.8. The normalized spacial score (nSPS) is 20.0. The van der Waals surface area contributed by atoms with Crippen LogP contribution in [0.5, 0.6) is 5.75 Å². The van der Waals surface area contributed by atoms with Crippen LogP contribution in [0.25, 0.3) is 0 Å². The molecular weight excluding hydrogens is 304 g/mol. The second kappa shape index (κ2) is 5.77. The number of ether oxygens (including phenoxy) is 2. The van der Waals surface area contributed by atoms with Crippen molar-refractivity contribution in [1.82, 2.24) is 0 Å². The summed E-state index contributed by atoms with van der Waals surface area (Å²) in [7, 11) is 1.59. The SMILES string of the molecule is COc1cccc(C2=NC(=C[C@@H]3C=Nc4ccccc43)C(=O)O2)c1. The van der Waals surface area contributed by atoms with Crippen LogP contribution >= 0.6 is 0 Å². The summed E-state index contributed by atoms with van der Waals surface area (Å²) < 4.78 is 10.5. The highest BCUT2D eigenvalue weighted by atomic mass is 16.6. The van der Waals surface area contributed by atoms with Gasteiger partial charge in [-0.1, -0.05) is 24.3 Å². The van der Waals surface area contributed by atoms with Crippen molar-refractivity contribution in [3.05, 3.63) is 71.4 Å². The number of aliphatic imine (C=N–C) groups is 2. The number of hydrogen-bond donors (Lipinski definition) is 0. The highest BCUT2D eigenvalue weighted by molar-refractivity contribution is 6.11. The number of hydrogen-bond acceptors (Lipinski definition) is 5. The summed E-state index contributed by atoms with van der Waals surface area (Å²) in [6, 6.07) is 15.1. The van der Waals surface area contributed by atoms with E-state index in [-0.39, 0.29) is 11.8 Å². The Kier molecular flexibility index (Phi) is 3.46. The van der Waals surface area contributed by atoms with Gasteiger partial charge in [-0.05, 0) is 35.9 Å². The van der Waals surface area contributed by atoms with Gasteiger partial charge in [-0.3, -0.25) is 4.99 Å². The average molecular weight is 318 g/mol. The molecule has 0 saturated carbocycles. The topological polar surface area (TPSA) is 60.2 Å². The highest BCUT2D eigenvalue weighted by Crippen LogP contribution is 2.34. The van der Waals surface area contributed by atoms with Crippen molar-refractivity contribution in [3.63, 3.8) is 0 Å². The Morgan fingerprint density at radius 2 is 2.04 bits per heavy atom. The van der Waals surface area contributed by atoms with Crippen LogP contribution in [0.4, 0.5) is 5.69 Å².